The van der Waals surface area contributed by atoms with Gasteiger partial charge in [0.25, 0.3) is 0 Å². The van der Waals surface area contributed by atoms with Gasteiger partial charge < -0.3 is 9.84 Å². The molecule has 1 aromatic rings. The second-order valence-electron chi connectivity index (χ2n) is 4.90. The molecule has 1 aromatic heterocycles. The third-order valence-electron chi connectivity index (χ3n) is 3.52. The number of methoxy groups -OCH3 is 1. The summed E-state index contributed by atoms with van der Waals surface area (Å²) in [6, 6.07) is 2.77. The first-order chi connectivity index (χ1) is 8.20. The van der Waals surface area contributed by atoms with Crippen LogP contribution in [-0.4, -0.2) is 49.0 Å². The van der Waals surface area contributed by atoms with Gasteiger partial charge in [0.05, 0.1) is 12.7 Å². The highest BCUT2D eigenvalue weighted by molar-refractivity contribution is 7.07. The van der Waals surface area contributed by atoms with E-state index in [1.165, 1.54) is 12.0 Å². The average molecular weight is 255 g/mol. The van der Waals surface area contributed by atoms with Gasteiger partial charge in [-0.15, -0.1) is 0 Å². The van der Waals surface area contributed by atoms with Crippen LogP contribution in [-0.2, 0) is 4.74 Å². The second-order valence-corrected chi connectivity index (χ2v) is 5.68. The number of aliphatic hydroxyl groups is 1. The molecule has 2 rings (SSSR count). The summed E-state index contributed by atoms with van der Waals surface area (Å²) < 4.78 is 4.97. The minimum Gasteiger partial charge on any atom is -0.389 e. The molecule has 1 fully saturated rings. The smallest absolute Gasteiger partial charge is 0.0900 e. The average Bonchev–Trinajstić information content (AvgIpc) is 2.89. The molecule has 1 aliphatic rings. The van der Waals surface area contributed by atoms with E-state index in [1.807, 2.05) is 0 Å². The molecule has 3 nitrogen and oxygen atoms in total. The molecule has 2 heterocycles. The summed E-state index contributed by atoms with van der Waals surface area (Å²) in [5, 5.41) is 14.2. The van der Waals surface area contributed by atoms with Crippen molar-refractivity contribution in [2.45, 2.75) is 31.4 Å². The monoisotopic (exact) mass is 255 g/mol. The van der Waals surface area contributed by atoms with Crippen LogP contribution < -0.4 is 0 Å². The van der Waals surface area contributed by atoms with Gasteiger partial charge in [0, 0.05) is 26.2 Å². The zero-order valence-electron chi connectivity index (χ0n) is 10.5. The Morgan fingerprint density at radius 2 is 2.47 bits per heavy atom. The first-order valence-corrected chi connectivity index (χ1v) is 7.08. The Hall–Kier alpha value is -0.420. The topological polar surface area (TPSA) is 32.7 Å². The summed E-state index contributed by atoms with van der Waals surface area (Å²) >= 11 is 1.76. The lowest BCUT2D eigenvalue weighted by Crippen LogP contribution is -2.36. The van der Waals surface area contributed by atoms with Crippen LogP contribution in [0, 0.1) is 0 Å². The zero-order chi connectivity index (χ0) is 12.3. The first kappa shape index (κ1) is 13.0. The van der Waals surface area contributed by atoms with Gasteiger partial charge in [-0.1, -0.05) is 0 Å². The molecule has 0 unspecified atom stereocenters. The third kappa shape index (κ3) is 3.28. The Kier molecular flexibility index (Phi) is 4.56. The van der Waals surface area contributed by atoms with E-state index < -0.39 is 0 Å². The fraction of sp³-hybridized carbons (Fsp3) is 0.692. The van der Waals surface area contributed by atoms with Crippen LogP contribution in [0.4, 0.5) is 0 Å². The van der Waals surface area contributed by atoms with Crippen LogP contribution in [0.5, 0.6) is 0 Å². The second kappa shape index (κ2) is 5.96. The van der Waals surface area contributed by atoms with Gasteiger partial charge in [-0.25, -0.2) is 0 Å². The van der Waals surface area contributed by atoms with Crippen molar-refractivity contribution in [1.29, 1.82) is 0 Å². The van der Waals surface area contributed by atoms with E-state index in [0.29, 0.717) is 18.6 Å². The molecule has 0 amide bonds. The van der Waals surface area contributed by atoms with E-state index in [9.17, 15) is 5.11 Å². The van der Waals surface area contributed by atoms with Crippen LogP contribution >= 0.6 is 11.3 Å². The quantitative estimate of drug-likeness (QED) is 0.872. The molecule has 3 atom stereocenters. The molecule has 0 aromatic carbocycles. The van der Waals surface area contributed by atoms with E-state index in [2.05, 4.69) is 28.7 Å². The van der Waals surface area contributed by atoms with Crippen molar-refractivity contribution in [3.8, 4) is 0 Å². The van der Waals surface area contributed by atoms with Crippen molar-refractivity contribution in [3.05, 3.63) is 22.4 Å². The minimum atomic E-state index is -0.372. The minimum absolute atomic E-state index is 0.372. The fourth-order valence-electron chi connectivity index (χ4n) is 2.62. The lowest BCUT2D eigenvalue weighted by molar-refractivity contribution is 0.0360. The highest BCUT2D eigenvalue weighted by Gasteiger charge is 2.31. The number of rotatable bonds is 5. The maximum Gasteiger partial charge on any atom is 0.0900 e. The van der Waals surface area contributed by atoms with Gasteiger partial charge in [0.2, 0.25) is 0 Å². The lowest BCUT2D eigenvalue weighted by atomic mass is 10.00. The summed E-state index contributed by atoms with van der Waals surface area (Å²) in [6.07, 6.45) is 0.819. The molecule has 96 valence electrons. The molecule has 17 heavy (non-hydrogen) atoms. The Bertz CT molecular complexity index is 328. The summed E-state index contributed by atoms with van der Waals surface area (Å²) in [5.41, 5.74) is 1.45. The molecule has 1 saturated heterocycles. The largest absolute Gasteiger partial charge is 0.389 e. The van der Waals surface area contributed by atoms with Crippen molar-refractivity contribution < 1.29 is 9.84 Å². The van der Waals surface area contributed by atoms with E-state index in [1.54, 1.807) is 18.4 Å². The molecular weight excluding hydrogens is 234 g/mol. The molecule has 0 radical (unpaired) electrons. The van der Waals surface area contributed by atoms with Gasteiger partial charge in [-0.05, 0) is 41.7 Å². The van der Waals surface area contributed by atoms with Crippen LogP contribution in [0.3, 0.4) is 0 Å². The van der Waals surface area contributed by atoms with E-state index in [0.717, 1.165) is 13.1 Å². The summed E-state index contributed by atoms with van der Waals surface area (Å²) in [6.45, 7) is 4.44. The van der Waals surface area contributed by atoms with Crippen molar-refractivity contribution in [2.24, 2.45) is 0 Å². The summed E-state index contributed by atoms with van der Waals surface area (Å²) in [7, 11) is 1.63. The fourth-order valence-corrected chi connectivity index (χ4v) is 3.36. The van der Waals surface area contributed by atoms with Crippen LogP contribution in [0.15, 0.2) is 16.8 Å². The Labute approximate surface area is 107 Å². The normalized spacial score (nSPS) is 27.5. The number of hydrogen-bond acceptors (Lipinski definition) is 4. The number of thiophene rings is 1. The highest BCUT2D eigenvalue weighted by Crippen LogP contribution is 2.32. The molecule has 0 bridgehead atoms. The SMILES string of the molecule is COC[C@@H](O)CN1C[C@@H](c2ccsc2)C[C@H]1C. The Balaban J connectivity index is 1.89. The highest BCUT2D eigenvalue weighted by atomic mass is 32.1. The summed E-state index contributed by atoms with van der Waals surface area (Å²) in [5.74, 6) is 0.631. The number of aliphatic hydroxyl groups excluding tert-OH is 1. The molecule has 0 spiro atoms. The molecule has 0 aliphatic carbocycles. The number of hydrogen-bond donors (Lipinski definition) is 1. The van der Waals surface area contributed by atoms with E-state index >= 15 is 0 Å². The molecule has 1 aliphatic heterocycles. The molecule has 4 heteroatoms. The standard InChI is InChI=1S/C13H21NO2S/c1-10-5-12(11-3-4-17-9-11)6-14(10)7-13(15)8-16-2/h3-4,9-10,12-13,15H,5-8H2,1-2H3/t10-,12+,13+/m1/s1. The van der Waals surface area contributed by atoms with Crippen LogP contribution in [0.25, 0.3) is 0 Å². The predicted molar refractivity (Wildman–Crippen MR) is 70.6 cm³/mol. The van der Waals surface area contributed by atoms with Gasteiger partial charge >= 0.3 is 0 Å². The van der Waals surface area contributed by atoms with Gasteiger partial charge in [0.15, 0.2) is 0 Å². The van der Waals surface area contributed by atoms with Crippen LogP contribution in [0.2, 0.25) is 0 Å². The number of nitrogens with zero attached hydrogens (tertiary/aromatic N) is 1. The Morgan fingerprint density at radius 1 is 1.65 bits per heavy atom. The van der Waals surface area contributed by atoms with Crippen LogP contribution in [0.1, 0.15) is 24.8 Å². The number of likely N-dealkylation sites (tertiary alicyclic amines) is 1. The summed E-state index contributed by atoms with van der Waals surface area (Å²) in [4.78, 5) is 2.37. The maximum atomic E-state index is 9.78. The number of β-amino-alcohol motifs (C(OH)–C–C–N with tert-alkyl or cyclic N) is 1. The predicted octanol–water partition coefficient (Wildman–Crippen LogP) is 1.93. The van der Waals surface area contributed by atoms with Crippen molar-refractivity contribution in [2.75, 3.05) is 26.8 Å². The van der Waals surface area contributed by atoms with Gasteiger partial charge in [-0.2, -0.15) is 11.3 Å². The van der Waals surface area contributed by atoms with Gasteiger partial charge in [-0.3, -0.25) is 4.90 Å². The maximum absolute atomic E-state index is 9.78. The third-order valence-corrected chi connectivity index (χ3v) is 4.22. The first-order valence-electron chi connectivity index (χ1n) is 6.14. The lowest BCUT2D eigenvalue weighted by Gasteiger charge is -2.23. The van der Waals surface area contributed by atoms with Crippen molar-refractivity contribution in [3.63, 3.8) is 0 Å². The molecule has 0 saturated carbocycles. The zero-order valence-corrected chi connectivity index (χ0v) is 11.3. The van der Waals surface area contributed by atoms with Crippen molar-refractivity contribution >= 4 is 11.3 Å². The van der Waals surface area contributed by atoms with Gasteiger partial charge in [0.1, 0.15) is 0 Å². The molecule has 1 N–H and O–H groups in total. The van der Waals surface area contributed by atoms with E-state index in [-0.39, 0.29) is 6.10 Å². The Morgan fingerprint density at radius 3 is 3.12 bits per heavy atom. The van der Waals surface area contributed by atoms with Crippen molar-refractivity contribution in [1.82, 2.24) is 4.90 Å². The number of ether oxygens (including phenoxy) is 1. The molecular formula is C13H21NO2S. The van der Waals surface area contributed by atoms with E-state index in [4.69, 9.17) is 4.74 Å².